The first kappa shape index (κ1) is 12.4. The Kier molecular flexibility index (Phi) is 2.95. The van der Waals surface area contributed by atoms with Crippen LogP contribution in [0.15, 0.2) is 17.2 Å². The summed E-state index contributed by atoms with van der Waals surface area (Å²) < 4.78 is 22.1. The molecule has 5 nitrogen and oxygen atoms in total. The number of carbonyl (C=O) groups excluding carboxylic acids is 1. The Bertz CT molecular complexity index is 546. The Morgan fingerprint density at radius 3 is 2.59 bits per heavy atom. The van der Waals surface area contributed by atoms with Crippen LogP contribution in [0.1, 0.15) is 36.7 Å². The maximum absolute atomic E-state index is 11.8. The van der Waals surface area contributed by atoms with Crippen molar-refractivity contribution in [1.82, 2.24) is 10.3 Å². The van der Waals surface area contributed by atoms with Gasteiger partial charge < -0.3 is 10.3 Å². The fourth-order valence-corrected chi connectivity index (χ4v) is 2.55. The second-order valence-corrected chi connectivity index (χ2v) is 7.12. The first-order valence-corrected chi connectivity index (χ1v) is 7.57. The van der Waals surface area contributed by atoms with E-state index in [0.29, 0.717) is 0 Å². The summed E-state index contributed by atoms with van der Waals surface area (Å²) in [5.41, 5.74) is 0.0414. The number of aromatic nitrogens is 1. The zero-order chi connectivity index (χ0) is 12.7. The van der Waals surface area contributed by atoms with Gasteiger partial charge in [0.1, 0.15) is 10.6 Å². The fraction of sp³-hybridized carbons (Fsp3) is 0.500. The summed E-state index contributed by atoms with van der Waals surface area (Å²) in [5.74, 6) is -0.307. The van der Waals surface area contributed by atoms with Crippen LogP contribution in [0, 0.1) is 0 Å². The number of hydrogen-bond acceptors (Lipinski definition) is 3. The van der Waals surface area contributed by atoms with E-state index >= 15 is 0 Å². The highest BCUT2D eigenvalue weighted by Gasteiger charge is 2.33. The summed E-state index contributed by atoms with van der Waals surface area (Å²) in [7, 11) is 1.38. The van der Waals surface area contributed by atoms with Gasteiger partial charge in [0.15, 0.2) is 0 Å². The van der Waals surface area contributed by atoms with Gasteiger partial charge in [-0.3, -0.25) is 4.79 Å². The van der Waals surface area contributed by atoms with Crippen molar-refractivity contribution >= 4 is 25.6 Å². The minimum Gasteiger partial charge on any atom is -0.356 e. The van der Waals surface area contributed by atoms with Crippen LogP contribution in [-0.4, -0.2) is 24.8 Å². The number of amides is 1. The van der Waals surface area contributed by atoms with Crippen molar-refractivity contribution < 1.29 is 13.2 Å². The molecule has 7 heteroatoms. The van der Waals surface area contributed by atoms with E-state index in [2.05, 4.69) is 10.3 Å². The standard InChI is InChI=1S/C10H13ClN2O3S/c1-10(3-2-4-10)13-9(14)8-5-7(6-12-8)17(11,15)16/h5-6,12H,2-4H2,1H3,(H,13,14). The van der Waals surface area contributed by atoms with Gasteiger partial charge in [-0.05, 0) is 32.3 Å². The predicted octanol–water partition coefficient (Wildman–Crippen LogP) is 1.61. The van der Waals surface area contributed by atoms with Gasteiger partial charge in [-0.1, -0.05) is 0 Å². The molecule has 1 amide bonds. The van der Waals surface area contributed by atoms with Crippen LogP contribution >= 0.6 is 10.7 Å². The highest BCUT2D eigenvalue weighted by molar-refractivity contribution is 8.13. The van der Waals surface area contributed by atoms with Gasteiger partial charge in [0, 0.05) is 22.4 Å². The van der Waals surface area contributed by atoms with Crippen LogP contribution in [0.3, 0.4) is 0 Å². The average Bonchev–Trinajstić information content (AvgIpc) is 2.63. The smallest absolute Gasteiger partial charge is 0.268 e. The van der Waals surface area contributed by atoms with E-state index in [1.165, 1.54) is 12.3 Å². The maximum atomic E-state index is 11.8. The fourth-order valence-electron chi connectivity index (χ4n) is 1.82. The number of hydrogen-bond donors (Lipinski definition) is 2. The number of aromatic amines is 1. The SMILES string of the molecule is CC1(NC(=O)c2cc(S(=O)(=O)Cl)c[nH]2)CCC1. The van der Waals surface area contributed by atoms with Crippen molar-refractivity contribution in [2.24, 2.45) is 0 Å². The lowest BCUT2D eigenvalue weighted by molar-refractivity contribution is 0.0846. The maximum Gasteiger partial charge on any atom is 0.268 e. The molecule has 1 fully saturated rings. The molecule has 0 atom stereocenters. The Hall–Kier alpha value is -1.01. The van der Waals surface area contributed by atoms with E-state index < -0.39 is 9.05 Å². The highest BCUT2D eigenvalue weighted by atomic mass is 35.7. The van der Waals surface area contributed by atoms with Crippen LogP contribution in [0.5, 0.6) is 0 Å². The van der Waals surface area contributed by atoms with Crippen molar-refractivity contribution in [3.63, 3.8) is 0 Å². The number of rotatable bonds is 3. The van der Waals surface area contributed by atoms with Crippen LogP contribution < -0.4 is 5.32 Å². The van der Waals surface area contributed by atoms with Gasteiger partial charge in [-0.2, -0.15) is 0 Å². The Morgan fingerprint density at radius 1 is 1.53 bits per heavy atom. The molecule has 2 rings (SSSR count). The minimum absolute atomic E-state index is 0.0944. The molecule has 94 valence electrons. The third kappa shape index (κ3) is 2.63. The van der Waals surface area contributed by atoms with Gasteiger partial charge in [0.25, 0.3) is 15.0 Å². The summed E-state index contributed by atoms with van der Waals surface area (Å²) >= 11 is 0. The zero-order valence-electron chi connectivity index (χ0n) is 9.29. The molecule has 0 unspecified atom stereocenters. The lowest BCUT2D eigenvalue weighted by atomic mass is 9.78. The summed E-state index contributed by atoms with van der Waals surface area (Å²) in [6.07, 6.45) is 4.20. The first-order chi connectivity index (χ1) is 7.80. The number of H-pyrrole nitrogens is 1. The van der Waals surface area contributed by atoms with Gasteiger partial charge >= 0.3 is 0 Å². The topological polar surface area (TPSA) is 79.0 Å². The van der Waals surface area contributed by atoms with Crippen molar-refractivity contribution in [2.45, 2.75) is 36.6 Å². The molecule has 0 radical (unpaired) electrons. The molecule has 1 heterocycles. The first-order valence-electron chi connectivity index (χ1n) is 5.26. The Morgan fingerprint density at radius 2 is 2.18 bits per heavy atom. The largest absolute Gasteiger partial charge is 0.356 e. The van der Waals surface area contributed by atoms with Crippen molar-refractivity contribution in [3.8, 4) is 0 Å². The van der Waals surface area contributed by atoms with Gasteiger partial charge in [-0.25, -0.2) is 8.42 Å². The quantitative estimate of drug-likeness (QED) is 0.823. The van der Waals surface area contributed by atoms with E-state index in [1.54, 1.807) is 0 Å². The van der Waals surface area contributed by atoms with Crippen LogP contribution in [0.2, 0.25) is 0 Å². The molecule has 0 aromatic carbocycles. The van der Waals surface area contributed by atoms with Crippen LogP contribution in [0.25, 0.3) is 0 Å². The molecule has 2 N–H and O–H groups in total. The predicted molar refractivity (Wildman–Crippen MR) is 63.6 cm³/mol. The summed E-state index contributed by atoms with van der Waals surface area (Å²) in [6, 6.07) is 1.24. The summed E-state index contributed by atoms with van der Waals surface area (Å²) in [6.45, 7) is 1.97. The second-order valence-electron chi connectivity index (χ2n) is 4.56. The van der Waals surface area contributed by atoms with E-state index in [4.69, 9.17) is 10.7 Å². The molecular weight excluding hydrogens is 264 g/mol. The molecular formula is C10H13ClN2O3S. The third-order valence-electron chi connectivity index (χ3n) is 3.06. The molecule has 17 heavy (non-hydrogen) atoms. The Balaban J connectivity index is 2.12. The monoisotopic (exact) mass is 276 g/mol. The summed E-state index contributed by atoms with van der Waals surface area (Å²) in [4.78, 5) is 14.3. The molecule has 1 saturated carbocycles. The molecule has 0 bridgehead atoms. The molecule has 1 aliphatic rings. The van der Waals surface area contributed by atoms with E-state index in [1.807, 2.05) is 6.92 Å². The third-order valence-corrected chi connectivity index (χ3v) is 4.39. The van der Waals surface area contributed by atoms with E-state index in [9.17, 15) is 13.2 Å². The van der Waals surface area contributed by atoms with Crippen molar-refractivity contribution in [1.29, 1.82) is 0 Å². The number of nitrogens with one attached hydrogen (secondary N) is 2. The molecule has 0 saturated heterocycles. The molecule has 1 aliphatic carbocycles. The average molecular weight is 277 g/mol. The number of halogens is 1. The molecule has 0 aliphatic heterocycles. The lowest BCUT2D eigenvalue weighted by Gasteiger charge is -2.38. The Labute approximate surface area is 104 Å². The second kappa shape index (κ2) is 4.03. The van der Waals surface area contributed by atoms with Gasteiger partial charge in [-0.15, -0.1) is 0 Å². The van der Waals surface area contributed by atoms with Crippen LogP contribution in [-0.2, 0) is 9.05 Å². The molecule has 0 spiro atoms. The van der Waals surface area contributed by atoms with Crippen molar-refractivity contribution in [2.75, 3.05) is 0 Å². The summed E-state index contributed by atoms with van der Waals surface area (Å²) in [5, 5.41) is 2.87. The lowest BCUT2D eigenvalue weighted by Crippen LogP contribution is -2.51. The minimum atomic E-state index is -3.79. The highest BCUT2D eigenvalue weighted by Crippen LogP contribution is 2.31. The molecule has 1 aromatic heterocycles. The van der Waals surface area contributed by atoms with Gasteiger partial charge in [0.05, 0.1) is 0 Å². The number of carbonyl (C=O) groups is 1. The zero-order valence-corrected chi connectivity index (χ0v) is 10.9. The molecule has 1 aromatic rings. The van der Waals surface area contributed by atoms with E-state index in [-0.39, 0.29) is 22.0 Å². The van der Waals surface area contributed by atoms with Gasteiger partial charge in [0.2, 0.25) is 0 Å². The normalized spacial score (nSPS) is 18.5. The van der Waals surface area contributed by atoms with Crippen LogP contribution in [0.4, 0.5) is 0 Å². The van der Waals surface area contributed by atoms with E-state index in [0.717, 1.165) is 19.3 Å². The van der Waals surface area contributed by atoms with Crippen molar-refractivity contribution in [3.05, 3.63) is 18.0 Å².